The standard InChI is InChI=1S/C20H15ClF2N4O2/c21-19-17(16-14(22)9-13(10-15(16)23)29-8-7-28)18(12-5-3-1-2-4-6-12)27-20(26-19)24-11-25-27/h1-5,9-11,28H,6-8H2. The number of aliphatic hydroxyl groups is 1. The molecule has 0 unspecified atom stereocenters. The van der Waals surface area contributed by atoms with Gasteiger partial charge in [0, 0.05) is 12.1 Å². The molecule has 2 heterocycles. The molecule has 2 aromatic heterocycles. The summed E-state index contributed by atoms with van der Waals surface area (Å²) in [6.45, 7) is -0.356. The van der Waals surface area contributed by atoms with Gasteiger partial charge in [-0.1, -0.05) is 42.0 Å². The van der Waals surface area contributed by atoms with E-state index in [2.05, 4.69) is 15.1 Å². The number of hydrogen-bond donors (Lipinski definition) is 1. The van der Waals surface area contributed by atoms with E-state index in [1.54, 1.807) is 0 Å². The SMILES string of the molecule is OCCOc1cc(F)c(-c2c(Cl)nc3ncnn3c2C2=CC=CC=CC2)c(F)c1. The third kappa shape index (κ3) is 3.64. The van der Waals surface area contributed by atoms with Crippen LogP contribution in [0.15, 0.2) is 48.8 Å². The van der Waals surface area contributed by atoms with Crippen LogP contribution in [0.5, 0.6) is 5.75 Å². The van der Waals surface area contributed by atoms with Crippen molar-refractivity contribution in [3.05, 3.63) is 71.3 Å². The van der Waals surface area contributed by atoms with E-state index in [4.69, 9.17) is 21.4 Å². The Labute approximate surface area is 169 Å². The summed E-state index contributed by atoms with van der Waals surface area (Å²) in [7, 11) is 0. The molecule has 0 amide bonds. The number of fused-ring (bicyclic) bond motifs is 1. The molecular weight excluding hydrogens is 402 g/mol. The van der Waals surface area contributed by atoms with Crippen LogP contribution in [-0.2, 0) is 0 Å². The zero-order valence-corrected chi connectivity index (χ0v) is 15.8. The first-order valence-corrected chi connectivity index (χ1v) is 9.13. The maximum Gasteiger partial charge on any atom is 0.254 e. The van der Waals surface area contributed by atoms with Crippen LogP contribution in [0, 0.1) is 11.6 Å². The van der Waals surface area contributed by atoms with E-state index in [-0.39, 0.29) is 41.0 Å². The van der Waals surface area contributed by atoms with Gasteiger partial charge in [0.1, 0.15) is 35.5 Å². The number of benzene rings is 1. The lowest BCUT2D eigenvalue weighted by molar-refractivity contribution is 0.200. The lowest BCUT2D eigenvalue weighted by Gasteiger charge is -2.16. The second-order valence-electron chi connectivity index (χ2n) is 6.14. The monoisotopic (exact) mass is 416 g/mol. The van der Waals surface area contributed by atoms with Crippen LogP contribution in [0.2, 0.25) is 5.15 Å². The Balaban J connectivity index is 1.98. The normalized spacial score (nSPS) is 13.6. The smallest absolute Gasteiger partial charge is 0.254 e. The van der Waals surface area contributed by atoms with Gasteiger partial charge in [-0.15, -0.1) is 0 Å². The van der Waals surface area contributed by atoms with Crippen molar-refractivity contribution in [2.75, 3.05) is 13.2 Å². The summed E-state index contributed by atoms with van der Waals surface area (Å²) >= 11 is 6.37. The molecule has 0 fully saturated rings. The van der Waals surface area contributed by atoms with Crippen LogP contribution in [0.4, 0.5) is 8.78 Å². The summed E-state index contributed by atoms with van der Waals surface area (Å²) in [4.78, 5) is 8.19. The summed E-state index contributed by atoms with van der Waals surface area (Å²) in [6.07, 6.45) is 11.1. The first kappa shape index (κ1) is 19.2. The molecule has 29 heavy (non-hydrogen) atoms. The minimum absolute atomic E-state index is 0.0372. The first-order chi connectivity index (χ1) is 14.1. The molecule has 1 N–H and O–H groups in total. The number of halogens is 3. The number of nitrogens with zero attached hydrogens (tertiary/aromatic N) is 4. The largest absolute Gasteiger partial charge is 0.491 e. The van der Waals surface area contributed by atoms with Gasteiger partial charge in [-0.2, -0.15) is 19.6 Å². The minimum Gasteiger partial charge on any atom is -0.491 e. The summed E-state index contributed by atoms with van der Waals surface area (Å²) in [5, 5.41) is 12.9. The summed E-state index contributed by atoms with van der Waals surface area (Å²) in [6, 6.07) is 2.09. The zero-order chi connectivity index (χ0) is 20.4. The van der Waals surface area contributed by atoms with Crippen molar-refractivity contribution < 1.29 is 18.6 Å². The van der Waals surface area contributed by atoms with E-state index in [1.165, 1.54) is 10.8 Å². The molecule has 1 aliphatic carbocycles. The van der Waals surface area contributed by atoms with Crippen molar-refractivity contribution in [1.82, 2.24) is 19.6 Å². The van der Waals surface area contributed by atoms with Crippen LogP contribution in [0.3, 0.4) is 0 Å². The Morgan fingerprint density at radius 3 is 2.69 bits per heavy atom. The molecule has 0 atom stereocenters. The predicted octanol–water partition coefficient (Wildman–Crippen LogP) is 3.99. The number of aliphatic hydroxyl groups excluding tert-OH is 1. The fourth-order valence-electron chi connectivity index (χ4n) is 3.12. The van der Waals surface area contributed by atoms with Crippen LogP contribution in [0.1, 0.15) is 12.1 Å². The Morgan fingerprint density at radius 1 is 1.14 bits per heavy atom. The van der Waals surface area contributed by atoms with Gasteiger partial charge in [0.25, 0.3) is 5.78 Å². The molecule has 0 spiro atoms. The van der Waals surface area contributed by atoms with Crippen molar-refractivity contribution in [2.24, 2.45) is 0 Å². The molecular formula is C20H15ClF2N4O2. The molecule has 9 heteroatoms. The lowest BCUT2D eigenvalue weighted by Crippen LogP contribution is -2.07. The quantitative estimate of drug-likeness (QED) is 0.637. The van der Waals surface area contributed by atoms with E-state index in [0.717, 1.165) is 17.7 Å². The van der Waals surface area contributed by atoms with Gasteiger partial charge in [-0.05, 0) is 12.0 Å². The van der Waals surface area contributed by atoms with Gasteiger partial charge in [0.15, 0.2) is 0 Å². The third-order valence-electron chi connectivity index (χ3n) is 4.31. The molecule has 1 aliphatic rings. The molecule has 0 bridgehead atoms. The highest BCUT2D eigenvalue weighted by atomic mass is 35.5. The Kier molecular flexibility index (Phi) is 5.37. The highest BCUT2D eigenvalue weighted by Crippen LogP contribution is 2.39. The van der Waals surface area contributed by atoms with Crippen LogP contribution < -0.4 is 4.74 Å². The number of ether oxygens (including phenoxy) is 1. The summed E-state index contributed by atoms with van der Waals surface area (Å²) in [5.74, 6) is -1.56. The first-order valence-electron chi connectivity index (χ1n) is 8.75. The Hall–Kier alpha value is -3.10. The zero-order valence-electron chi connectivity index (χ0n) is 15.0. The summed E-state index contributed by atoms with van der Waals surface area (Å²) < 4.78 is 36.5. The fourth-order valence-corrected chi connectivity index (χ4v) is 3.38. The molecule has 4 rings (SSSR count). The maximum atomic E-state index is 15.0. The van der Waals surface area contributed by atoms with Crippen LogP contribution >= 0.6 is 11.6 Å². The molecule has 0 saturated carbocycles. The van der Waals surface area contributed by atoms with Crippen LogP contribution in [0.25, 0.3) is 22.5 Å². The van der Waals surface area contributed by atoms with E-state index in [9.17, 15) is 8.78 Å². The molecule has 3 aromatic rings. The second-order valence-corrected chi connectivity index (χ2v) is 6.50. The van der Waals surface area contributed by atoms with Crippen LogP contribution in [-0.4, -0.2) is 37.9 Å². The van der Waals surface area contributed by atoms with Crippen molar-refractivity contribution in [3.8, 4) is 16.9 Å². The molecule has 1 aromatic carbocycles. The van der Waals surface area contributed by atoms with E-state index in [0.29, 0.717) is 12.1 Å². The number of hydrogen-bond acceptors (Lipinski definition) is 5. The van der Waals surface area contributed by atoms with Crippen molar-refractivity contribution in [2.45, 2.75) is 6.42 Å². The molecule has 0 radical (unpaired) electrons. The third-order valence-corrected chi connectivity index (χ3v) is 4.58. The van der Waals surface area contributed by atoms with E-state index in [1.807, 2.05) is 30.4 Å². The molecule has 148 valence electrons. The van der Waals surface area contributed by atoms with Gasteiger partial charge in [-0.3, -0.25) is 0 Å². The maximum absolute atomic E-state index is 15.0. The summed E-state index contributed by atoms with van der Waals surface area (Å²) in [5.41, 5.74) is 0.868. The Bertz CT molecular complexity index is 1150. The van der Waals surface area contributed by atoms with Crippen molar-refractivity contribution >= 4 is 23.0 Å². The van der Waals surface area contributed by atoms with Gasteiger partial charge >= 0.3 is 0 Å². The van der Waals surface area contributed by atoms with Gasteiger partial charge < -0.3 is 9.84 Å². The topological polar surface area (TPSA) is 72.5 Å². The van der Waals surface area contributed by atoms with E-state index >= 15 is 0 Å². The van der Waals surface area contributed by atoms with E-state index < -0.39 is 11.6 Å². The Morgan fingerprint density at radius 2 is 1.93 bits per heavy atom. The van der Waals surface area contributed by atoms with Gasteiger partial charge in [0.2, 0.25) is 0 Å². The number of allylic oxidation sites excluding steroid dienone is 6. The average Bonchev–Trinajstić information content (AvgIpc) is 2.98. The molecule has 0 aliphatic heterocycles. The second kappa shape index (κ2) is 8.10. The highest BCUT2D eigenvalue weighted by molar-refractivity contribution is 6.32. The lowest BCUT2D eigenvalue weighted by atomic mass is 9.97. The number of rotatable bonds is 5. The van der Waals surface area contributed by atoms with Crippen molar-refractivity contribution in [1.29, 1.82) is 0 Å². The minimum atomic E-state index is -0.873. The average molecular weight is 417 g/mol. The molecule has 6 nitrogen and oxygen atoms in total. The predicted molar refractivity (Wildman–Crippen MR) is 105 cm³/mol. The van der Waals surface area contributed by atoms with Gasteiger partial charge in [-0.25, -0.2) is 8.78 Å². The number of aromatic nitrogens is 4. The molecule has 0 saturated heterocycles. The van der Waals surface area contributed by atoms with Gasteiger partial charge in [0.05, 0.1) is 23.4 Å². The van der Waals surface area contributed by atoms with Crippen molar-refractivity contribution in [3.63, 3.8) is 0 Å². The highest BCUT2D eigenvalue weighted by Gasteiger charge is 2.25. The fraction of sp³-hybridized carbons (Fsp3) is 0.150.